The summed E-state index contributed by atoms with van der Waals surface area (Å²) in [4.78, 5) is 24.4. The van der Waals surface area contributed by atoms with Crippen LogP contribution in [0.1, 0.15) is 31.2 Å². The van der Waals surface area contributed by atoms with Gasteiger partial charge in [0.25, 0.3) is 0 Å². The lowest BCUT2D eigenvalue weighted by atomic mass is 9.99. The van der Waals surface area contributed by atoms with Crippen molar-refractivity contribution in [3.05, 3.63) is 29.8 Å². The van der Waals surface area contributed by atoms with Gasteiger partial charge in [-0.05, 0) is 24.5 Å². The van der Waals surface area contributed by atoms with E-state index in [2.05, 4.69) is 6.07 Å². The number of fused-ring (bicyclic) bond motifs is 2. The van der Waals surface area contributed by atoms with Crippen molar-refractivity contribution in [2.24, 2.45) is 0 Å². The summed E-state index contributed by atoms with van der Waals surface area (Å²) in [6, 6.07) is 7.98. The quantitative estimate of drug-likeness (QED) is 0.885. The van der Waals surface area contributed by atoms with Crippen LogP contribution >= 0.6 is 0 Å². The normalized spacial score (nSPS) is 18.8. The van der Waals surface area contributed by atoms with Crippen LogP contribution in [0.25, 0.3) is 0 Å². The fourth-order valence-electron chi connectivity index (χ4n) is 2.78. The second kappa shape index (κ2) is 3.83. The first kappa shape index (κ1) is 11.3. The van der Waals surface area contributed by atoms with Crippen LogP contribution in [-0.4, -0.2) is 23.5 Å². The Morgan fingerprint density at radius 1 is 1.22 bits per heavy atom. The summed E-state index contributed by atoms with van der Waals surface area (Å²) < 4.78 is 0. The van der Waals surface area contributed by atoms with Crippen molar-refractivity contribution < 1.29 is 14.7 Å². The third-order valence-corrected chi connectivity index (χ3v) is 3.93. The number of carboxylic acid groups (broad SMARTS) is 1. The fourth-order valence-corrected chi connectivity index (χ4v) is 2.78. The number of nitrogens with zero attached hydrogens (tertiary/aromatic N) is 1. The van der Waals surface area contributed by atoms with Gasteiger partial charge in [0.1, 0.15) is 0 Å². The average Bonchev–Trinajstić information content (AvgIpc) is 3.06. The molecule has 2 aliphatic rings. The van der Waals surface area contributed by atoms with E-state index >= 15 is 0 Å². The first-order chi connectivity index (χ1) is 8.62. The molecule has 1 aliphatic carbocycles. The van der Waals surface area contributed by atoms with Crippen LogP contribution in [0.3, 0.4) is 0 Å². The van der Waals surface area contributed by atoms with Gasteiger partial charge in [-0.15, -0.1) is 0 Å². The van der Waals surface area contributed by atoms with E-state index in [1.807, 2.05) is 18.2 Å². The molecule has 0 unspecified atom stereocenters. The van der Waals surface area contributed by atoms with Crippen LogP contribution in [-0.2, 0) is 15.0 Å². The number of aliphatic carboxylic acids is 1. The van der Waals surface area contributed by atoms with Crippen LogP contribution in [0.4, 0.5) is 5.69 Å². The molecule has 4 heteroatoms. The number of anilines is 1. The molecular weight excluding hydrogens is 230 g/mol. The van der Waals surface area contributed by atoms with Gasteiger partial charge in [-0.1, -0.05) is 18.2 Å². The Kier molecular flexibility index (Phi) is 2.40. The Labute approximate surface area is 105 Å². The minimum Gasteiger partial charge on any atom is -0.481 e. The zero-order valence-electron chi connectivity index (χ0n) is 10.1. The zero-order chi connectivity index (χ0) is 12.8. The fraction of sp³-hybridized carbons (Fsp3) is 0.429. The van der Waals surface area contributed by atoms with Crippen molar-refractivity contribution in [2.75, 3.05) is 11.4 Å². The highest BCUT2D eigenvalue weighted by atomic mass is 16.4. The maximum atomic E-state index is 12.1. The van der Waals surface area contributed by atoms with Gasteiger partial charge in [-0.25, -0.2) is 0 Å². The van der Waals surface area contributed by atoms with Crippen molar-refractivity contribution in [2.45, 2.75) is 31.1 Å². The van der Waals surface area contributed by atoms with Crippen LogP contribution in [0.2, 0.25) is 0 Å². The van der Waals surface area contributed by atoms with E-state index < -0.39 is 5.97 Å². The van der Waals surface area contributed by atoms with Gasteiger partial charge in [0.2, 0.25) is 5.91 Å². The number of hydrogen-bond donors (Lipinski definition) is 1. The molecule has 0 saturated heterocycles. The lowest BCUT2D eigenvalue weighted by molar-refractivity contribution is -0.138. The summed E-state index contributed by atoms with van der Waals surface area (Å²) in [7, 11) is 0. The van der Waals surface area contributed by atoms with Crippen LogP contribution in [0, 0.1) is 0 Å². The van der Waals surface area contributed by atoms with Gasteiger partial charge in [-0.3, -0.25) is 9.59 Å². The highest BCUT2D eigenvalue weighted by Gasteiger charge is 2.52. The lowest BCUT2D eigenvalue weighted by Crippen LogP contribution is -2.31. The van der Waals surface area contributed by atoms with E-state index in [-0.39, 0.29) is 24.2 Å². The van der Waals surface area contributed by atoms with E-state index in [1.165, 1.54) is 5.56 Å². The molecule has 1 N–H and O–H groups in total. The summed E-state index contributed by atoms with van der Waals surface area (Å²) in [6.45, 7) is 0.727. The third-order valence-electron chi connectivity index (χ3n) is 3.93. The number of benzene rings is 1. The first-order valence-corrected chi connectivity index (χ1v) is 6.24. The summed E-state index contributed by atoms with van der Waals surface area (Å²) in [5.74, 6) is -0.995. The molecule has 1 saturated carbocycles. The Morgan fingerprint density at radius 2 is 1.94 bits per heavy atom. The van der Waals surface area contributed by atoms with Crippen molar-refractivity contribution in [1.29, 1.82) is 0 Å². The average molecular weight is 245 g/mol. The molecule has 4 nitrogen and oxygen atoms in total. The van der Waals surface area contributed by atoms with Gasteiger partial charge in [0.05, 0.1) is 6.42 Å². The van der Waals surface area contributed by atoms with E-state index in [0.29, 0.717) is 0 Å². The number of rotatable bonds is 3. The molecule has 1 aromatic rings. The Morgan fingerprint density at radius 3 is 2.61 bits per heavy atom. The van der Waals surface area contributed by atoms with E-state index in [1.54, 1.807) is 4.90 Å². The number of carbonyl (C=O) groups excluding carboxylic acids is 1. The molecule has 1 spiro atoms. The molecule has 0 bridgehead atoms. The predicted octanol–water partition coefficient (Wildman–Crippen LogP) is 1.93. The number of carboxylic acids is 1. The summed E-state index contributed by atoms with van der Waals surface area (Å²) >= 11 is 0. The SMILES string of the molecule is O=C(O)CCC(=O)N1CC2(CC2)c2ccccc21. The van der Waals surface area contributed by atoms with Crippen molar-refractivity contribution in [3.63, 3.8) is 0 Å². The van der Waals surface area contributed by atoms with Gasteiger partial charge >= 0.3 is 5.97 Å². The van der Waals surface area contributed by atoms with E-state index in [9.17, 15) is 9.59 Å². The molecule has 18 heavy (non-hydrogen) atoms. The second-order valence-corrected chi connectivity index (χ2v) is 5.17. The van der Waals surface area contributed by atoms with Crippen molar-refractivity contribution in [1.82, 2.24) is 0 Å². The largest absolute Gasteiger partial charge is 0.481 e. The maximum absolute atomic E-state index is 12.1. The molecule has 3 rings (SSSR count). The summed E-state index contributed by atoms with van der Waals surface area (Å²) in [6.07, 6.45) is 2.25. The van der Waals surface area contributed by atoms with Gasteiger partial charge < -0.3 is 10.0 Å². The van der Waals surface area contributed by atoms with Crippen molar-refractivity contribution >= 4 is 17.6 Å². The van der Waals surface area contributed by atoms with Crippen molar-refractivity contribution in [3.8, 4) is 0 Å². The molecule has 1 fully saturated rings. The number of amides is 1. The third kappa shape index (κ3) is 1.68. The van der Waals surface area contributed by atoms with E-state index in [4.69, 9.17) is 5.11 Å². The van der Waals surface area contributed by atoms with Gasteiger partial charge in [0, 0.05) is 24.1 Å². The molecule has 1 heterocycles. The van der Waals surface area contributed by atoms with Gasteiger partial charge in [0.15, 0.2) is 0 Å². The smallest absolute Gasteiger partial charge is 0.303 e. The summed E-state index contributed by atoms with van der Waals surface area (Å²) in [5.41, 5.74) is 2.41. The van der Waals surface area contributed by atoms with Crippen LogP contribution in [0.15, 0.2) is 24.3 Å². The number of carbonyl (C=O) groups is 2. The first-order valence-electron chi connectivity index (χ1n) is 6.24. The standard InChI is InChI=1S/C14H15NO3/c16-12(5-6-13(17)18)15-9-14(7-8-14)10-3-1-2-4-11(10)15/h1-4H,5-9H2,(H,17,18). The molecule has 1 aliphatic heterocycles. The molecule has 94 valence electrons. The maximum Gasteiger partial charge on any atom is 0.303 e. The Balaban J connectivity index is 1.83. The number of para-hydroxylation sites is 1. The molecular formula is C14H15NO3. The number of hydrogen-bond acceptors (Lipinski definition) is 2. The van der Waals surface area contributed by atoms with E-state index in [0.717, 1.165) is 25.1 Å². The minimum absolute atomic E-state index is 0.0753. The highest BCUT2D eigenvalue weighted by molar-refractivity contribution is 5.97. The summed E-state index contributed by atoms with van der Waals surface area (Å²) in [5, 5.41) is 8.64. The second-order valence-electron chi connectivity index (χ2n) is 5.17. The lowest BCUT2D eigenvalue weighted by Gasteiger charge is -2.17. The molecule has 0 radical (unpaired) electrons. The highest BCUT2D eigenvalue weighted by Crippen LogP contribution is 2.56. The topological polar surface area (TPSA) is 57.6 Å². The molecule has 0 atom stereocenters. The Bertz CT molecular complexity index is 520. The van der Waals surface area contributed by atoms with Crippen LogP contribution < -0.4 is 4.90 Å². The monoisotopic (exact) mass is 245 g/mol. The zero-order valence-corrected chi connectivity index (χ0v) is 10.1. The Hall–Kier alpha value is -1.84. The van der Waals surface area contributed by atoms with Crippen LogP contribution in [0.5, 0.6) is 0 Å². The molecule has 1 aromatic carbocycles. The predicted molar refractivity (Wildman–Crippen MR) is 66.6 cm³/mol. The minimum atomic E-state index is -0.919. The van der Waals surface area contributed by atoms with Gasteiger partial charge in [-0.2, -0.15) is 0 Å². The molecule has 1 amide bonds. The molecule has 0 aromatic heterocycles.